The molecule has 0 saturated heterocycles. The monoisotopic (exact) mass is 392 g/mol. The van der Waals surface area contributed by atoms with E-state index in [2.05, 4.69) is 15.3 Å². The molecule has 6 nitrogen and oxygen atoms in total. The van der Waals surface area contributed by atoms with Crippen LogP contribution in [0.4, 0.5) is 0 Å². The summed E-state index contributed by atoms with van der Waals surface area (Å²) in [5.74, 6) is 1.07. The number of rotatable bonds is 7. The largest absolute Gasteiger partial charge is 0.475 e. The highest BCUT2D eigenvalue weighted by atomic mass is 127. The Hall–Kier alpha value is -1.09. The predicted octanol–water partition coefficient (Wildman–Crippen LogP) is 1.29. The van der Waals surface area contributed by atoms with Crippen molar-refractivity contribution in [1.29, 1.82) is 0 Å². The van der Waals surface area contributed by atoms with Crippen molar-refractivity contribution in [3.8, 4) is 5.88 Å². The van der Waals surface area contributed by atoms with Gasteiger partial charge in [0.05, 0.1) is 13.2 Å². The number of aromatic nitrogens is 1. The smallest absolute Gasteiger partial charge is 0.218 e. The van der Waals surface area contributed by atoms with Gasteiger partial charge in [-0.25, -0.2) is 9.98 Å². The summed E-state index contributed by atoms with van der Waals surface area (Å²) in [6, 6.07) is 4.30. The molecule has 1 aromatic heterocycles. The van der Waals surface area contributed by atoms with E-state index in [9.17, 15) is 0 Å². The minimum absolute atomic E-state index is 0. The highest BCUT2D eigenvalue weighted by molar-refractivity contribution is 14.0. The predicted molar refractivity (Wildman–Crippen MR) is 88.5 cm³/mol. The minimum atomic E-state index is 0. The van der Waals surface area contributed by atoms with E-state index in [1.165, 1.54) is 12.8 Å². The lowest BCUT2D eigenvalue weighted by atomic mass is 10.3. The summed E-state index contributed by atoms with van der Waals surface area (Å²) in [7, 11) is 1.64. The van der Waals surface area contributed by atoms with E-state index < -0.39 is 0 Å². The van der Waals surface area contributed by atoms with Crippen LogP contribution in [0.2, 0.25) is 0 Å². The van der Waals surface area contributed by atoms with Gasteiger partial charge in [0.15, 0.2) is 5.96 Å². The summed E-state index contributed by atoms with van der Waals surface area (Å²) in [6.07, 6.45) is 4.05. The fourth-order valence-electron chi connectivity index (χ4n) is 1.55. The van der Waals surface area contributed by atoms with Gasteiger partial charge in [-0.1, -0.05) is 6.07 Å². The third kappa shape index (κ3) is 5.91. The highest BCUT2D eigenvalue weighted by Gasteiger charge is 2.21. The molecule has 1 heterocycles. The van der Waals surface area contributed by atoms with Crippen LogP contribution in [-0.4, -0.2) is 37.3 Å². The SMILES string of the molecule is COCCOc1ncccc1CN=C(N)NC1CC1.I. The number of aliphatic imine (C=N–C) groups is 1. The van der Waals surface area contributed by atoms with Gasteiger partial charge in [0.2, 0.25) is 5.88 Å². The first-order valence-electron chi connectivity index (χ1n) is 6.41. The first-order valence-corrected chi connectivity index (χ1v) is 6.41. The number of ether oxygens (including phenoxy) is 2. The van der Waals surface area contributed by atoms with Gasteiger partial charge in [0, 0.05) is 24.9 Å². The Morgan fingerprint density at radius 2 is 2.30 bits per heavy atom. The van der Waals surface area contributed by atoms with Crippen molar-refractivity contribution in [1.82, 2.24) is 10.3 Å². The lowest BCUT2D eigenvalue weighted by Crippen LogP contribution is -2.33. The lowest BCUT2D eigenvalue weighted by Gasteiger charge is -2.09. The van der Waals surface area contributed by atoms with Gasteiger partial charge in [-0.3, -0.25) is 0 Å². The molecule has 0 aromatic carbocycles. The molecule has 0 unspecified atom stereocenters. The molecule has 1 fully saturated rings. The van der Waals surface area contributed by atoms with Crippen molar-refractivity contribution in [3.63, 3.8) is 0 Å². The molecule has 1 aromatic rings. The minimum Gasteiger partial charge on any atom is -0.475 e. The number of hydrogen-bond acceptors (Lipinski definition) is 4. The zero-order valence-corrected chi connectivity index (χ0v) is 13.9. The first-order chi connectivity index (χ1) is 9.29. The Bertz CT molecular complexity index is 438. The molecule has 0 bridgehead atoms. The van der Waals surface area contributed by atoms with Crippen molar-refractivity contribution >= 4 is 29.9 Å². The second kappa shape index (κ2) is 8.96. The molecule has 20 heavy (non-hydrogen) atoms. The lowest BCUT2D eigenvalue weighted by molar-refractivity contribution is 0.143. The van der Waals surface area contributed by atoms with E-state index in [1.54, 1.807) is 13.3 Å². The summed E-state index contributed by atoms with van der Waals surface area (Å²) in [5, 5.41) is 3.14. The second-order valence-corrected chi connectivity index (χ2v) is 4.43. The van der Waals surface area contributed by atoms with Crippen LogP contribution >= 0.6 is 24.0 Å². The number of nitrogens with two attached hydrogens (primary N) is 1. The van der Waals surface area contributed by atoms with Crippen LogP contribution < -0.4 is 15.8 Å². The van der Waals surface area contributed by atoms with E-state index in [1.807, 2.05) is 12.1 Å². The van der Waals surface area contributed by atoms with Crippen molar-refractivity contribution in [2.75, 3.05) is 20.3 Å². The number of nitrogens with one attached hydrogen (secondary N) is 1. The second-order valence-electron chi connectivity index (χ2n) is 4.43. The quantitative estimate of drug-likeness (QED) is 0.316. The normalized spacial score (nSPS) is 14.6. The molecule has 1 aliphatic carbocycles. The fourth-order valence-corrected chi connectivity index (χ4v) is 1.55. The molecule has 0 amide bonds. The molecule has 1 saturated carbocycles. The summed E-state index contributed by atoms with van der Waals surface area (Å²) >= 11 is 0. The summed E-state index contributed by atoms with van der Waals surface area (Å²) in [6.45, 7) is 1.46. The van der Waals surface area contributed by atoms with Gasteiger partial charge in [0.1, 0.15) is 6.61 Å². The molecule has 0 atom stereocenters. The van der Waals surface area contributed by atoms with Crippen LogP contribution in [0.5, 0.6) is 5.88 Å². The summed E-state index contributed by atoms with van der Waals surface area (Å²) in [5.41, 5.74) is 6.71. The molecular weight excluding hydrogens is 371 g/mol. The molecule has 3 N–H and O–H groups in total. The Labute approximate surface area is 136 Å². The third-order valence-electron chi connectivity index (χ3n) is 2.73. The number of guanidine groups is 1. The van der Waals surface area contributed by atoms with Crippen LogP contribution in [-0.2, 0) is 11.3 Å². The standard InChI is InChI=1S/C13H20N4O2.HI/c1-18-7-8-19-12-10(3-2-6-15-12)9-16-13(14)17-11-4-5-11;/h2-3,6,11H,4-5,7-9H2,1H3,(H3,14,16,17);1H. The van der Waals surface area contributed by atoms with Crippen molar-refractivity contribution in [2.24, 2.45) is 10.7 Å². The first kappa shape index (κ1) is 17.0. The van der Waals surface area contributed by atoms with Crippen molar-refractivity contribution < 1.29 is 9.47 Å². The van der Waals surface area contributed by atoms with E-state index in [0.29, 0.717) is 37.6 Å². The number of methoxy groups -OCH3 is 1. The van der Waals surface area contributed by atoms with Crippen LogP contribution in [0, 0.1) is 0 Å². The molecule has 0 aliphatic heterocycles. The number of pyridine rings is 1. The number of halogens is 1. The Balaban J connectivity index is 0.00000200. The zero-order chi connectivity index (χ0) is 13.5. The zero-order valence-electron chi connectivity index (χ0n) is 11.5. The average Bonchev–Trinajstić information content (AvgIpc) is 3.22. The average molecular weight is 392 g/mol. The van der Waals surface area contributed by atoms with Crippen LogP contribution in [0.3, 0.4) is 0 Å². The molecule has 7 heteroatoms. The van der Waals surface area contributed by atoms with Gasteiger partial charge in [-0.2, -0.15) is 0 Å². The van der Waals surface area contributed by atoms with Crippen LogP contribution in [0.25, 0.3) is 0 Å². The molecule has 2 rings (SSSR count). The summed E-state index contributed by atoms with van der Waals surface area (Å²) < 4.78 is 10.5. The number of nitrogens with zero attached hydrogens (tertiary/aromatic N) is 2. The van der Waals surface area contributed by atoms with Gasteiger partial charge in [-0.15, -0.1) is 24.0 Å². The molecule has 112 valence electrons. The maximum absolute atomic E-state index is 5.79. The Kier molecular flexibility index (Phi) is 7.60. The van der Waals surface area contributed by atoms with E-state index >= 15 is 0 Å². The van der Waals surface area contributed by atoms with E-state index in [-0.39, 0.29) is 24.0 Å². The van der Waals surface area contributed by atoms with Gasteiger partial charge < -0.3 is 20.5 Å². The van der Waals surface area contributed by atoms with Gasteiger partial charge >= 0.3 is 0 Å². The van der Waals surface area contributed by atoms with Gasteiger partial charge in [-0.05, 0) is 18.9 Å². The topological polar surface area (TPSA) is 81.8 Å². The maximum atomic E-state index is 5.79. The Morgan fingerprint density at radius 3 is 3.00 bits per heavy atom. The molecular formula is C13H21IN4O2. The van der Waals surface area contributed by atoms with Gasteiger partial charge in [0.25, 0.3) is 0 Å². The fraction of sp³-hybridized carbons (Fsp3) is 0.538. The molecule has 1 aliphatic rings. The molecule has 0 spiro atoms. The highest BCUT2D eigenvalue weighted by Crippen LogP contribution is 2.18. The maximum Gasteiger partial charge on any atom is 0.218 e. The number of hydrogen-bond donors (Lipinski definition) is 2. The van der Waals surface area contributed by atoms with E-state index in [0.717, 1.165) is 5.56 Å². The van der Waals surface area contributed by atoms with E-state index in [4.69, 9.17) is 15.2 Å². The summed E-state index contributed by atoms with van der Waals surface area (Å²) in [4.78, 5) is 8.49. The van der Waals surface area contributed by atoms with Crippen LogP contribution in [0.15, 0.2) is 23.3 Å². The molecule has 0 radical (unpaired) electrons. The van der Waals surface area contributed by atoms with Crippen molar-refractivity contribution in [2.45, 2.75) is 25.4 Å². The van der Waals surface area contributed by atoms with Crippen molar-refractivity contribution in [3.05, 3.63) is 23.9 Å². The Morgan fingerprint density at radius 1 is 1.50 bits per heavy atom. The third-order valence-corrected chi connectivity index (χ3v) is 2.73. The van der Waals surface area contributed by atoms with Crippen LogP contribution in [0.1, 0.15) is 18.4 Å².